The van der Waals surface area contributed by atoms with Crippen LogP contribution in [0.1, 0.15) is 35.2 Å². The molecule has 1 aromatic heterocycles. The van der Waals surface area contributed by atoms with Crippen molar-refractivity contribution in [3.8, 4) is 5.75 Å². The molecule has 0 fully saturated rings. The number of rotatable bonds is 5. The smallest absolute Gasteiger partial charge is 0.246 e. The number of hydrogen-bond donors (Lipinski definition) is 0. The van der Waals surface area contributed by atoms with Gasteiger partial charge in [-0.2, -0.15) is 0 Å². The summed E-state index contributed by atoms with van der Waals surface area (Å²) in [5.74, 6) is 1.25. The molecule has 3 aromatic carbocycles. The molecule has 0 radical (unpaired) electrons. The Kier molecular flexibility index (Phi) is 5.61. The highest BCUT2D eigenvalue weighted by Crippen LogP contribution is 2.42. The molecule has 8 heteroatoms. The molecule has 1 aliphatic heterocycles. The van der Waals surface area contributed by atoms with Crippen LogP contribution in [-0.4, -0.2) is 27.3 Å². The number of aromatic nitrogens is 4. The Morgan fingerprint density at radius 1 is 1.00 bits per heavy atom. The minimum Gasteiger partial charge on any atom is -0.497 e. The van der Waals surface area contributed by atoms with Gasteiger partial charge in [-0.1, -0.05) is 57.4 Å². The Morgan fingerprint density at radius 2 is 1.78 bits per heavy atom. The van der Waals surface area contributed by atoms with Gasteiger partial charge in [0.15, 0.2) is 0 Å². The largest absolute Gasteiger partial charge is 0.497 e. The molecule has 6 nitrogen and oxygen atoms in total. The van der Waals surface area contributed by atoms with E-state index in [2.05, 4.69) is 60.6 Å². The standard InChI is InChI=1S/C24H21BrFN5O/c1-32-21-11-7-17(8-12-21)23-14-22(18-3-2-4-19(25)13-18)30(24-27-28-29-31(23)24)15-16-5-9-20(26)10-6-16/h2-13,22-23H,14-15H2,1H3. The van der Waals surface area contributed by atoms with E-state index >= 15 is 0 Å². The lowest BCUT2D eigenvalue weighted by Gasteiger charge is -2.40. The molecule has 0 bridgehead atoms. The number of nitrogens with zero attached hydrogens (tertiary/aromatic N) is 5. The van der Waals surface area contributed by atoms with Gasteiger partial charge in [0, 0.05) is 11.0 Å². The molecule has 1 aliphatic rings. The third kappa shape index (κ3) is 3.98. The quantitative estimate of drug-likeness (QED) is 0.376. The number of ether oxygens (including phenoxy) is 1. The van der Waals surface area contributed by atoms with Crippen molar-refractivity contribution in [2.75, 3.05) is 12.0 Å². The maximum Gasteiger partial charge on any atom is 0.246 e. The SMILES string of the molecule is COc1ccc(C2CC(c3cccc(Br)c3)N(Cc3ccc(F)cc3)c3nnnn32)cc1. The normalized spacial score (nSPS) is 17.8. The van der Waals surface area contributed by atoms with E-state index in [0.29, 0.717) is 12.5 Å². The van der Waals surface area contributed by atoms with E-state index in [9.17, 15) is 4.39 Å². The monoisotopic (exact) mass is 493 g/mol. The first kappa shape index (κ1) is 20.6. The van der Waals surface area contributed by atoms with Crippen LogP contribution >= 0.6 is 15.9 Å². The van der Waals surface area contributed by atoms with Gasteiger partial charge in [0.1, 0.15) is 11.6 Å². The second kappa shape index (κ2) is 8.70. The minimum atomic E-state index is -0.250. The summed E-state index contributed by atoms with van der Waals surface area (Å²) in [5, 5.41) is 12.7. The highest BCUT2D eigenvalue weighted by molar-refractivity contribution is 9.10. The molecule has 0 aliphatic carbocycles. The van der Waals surface area contributed by atoms with E-state index in [1.807, 2.05) is 28.9 Å². The van der Waals surface area contributed by atoms with Gasteiger partial charge in [0.2, 0.25) is 5.95 Å². The van der Waals surface area contributed by atoms with Crippen LogP contribution in [0, 0.1) is 5.82 Å². The number of benzene rings is 3. The van der Waals surface area contributed by atoms with Gasteiger partial charge >= 0.3 is 0 Å². The van der Waals surface area contributed by atoms with Crippen molar-refractivity contribution >= 4 is 21.9 Å². The van der Waals surface area contributed by atoms with Crippen molar-refractivity contribution in [2.24, 2.45) is 0 Å². The molecule has 2 atom stereocenters. The zero-order valence-corrected chi connectivity index (χ0v) is 19.0. The third-order valence-electron chi connectivity index (χ3n) is 5.85. The topological polar surface area (TPSA) is 56.1 Å². The number of hydrogen-bond acceptors (Lipinski definition) is 5. The van der Waals surface area contributed by atoms with E-state index < -0.39 is 0 Å². The Hall–Kier alpha value is -3.26. The molecule has 2 heterocycles. The van der Waals surface area contributed by atoms with Gasteiger partial charge in [-0.15, -0.1) is 0 Å². The number of tetrazole rings is 1. The molecule has 32 heavy (non-hydrogen) atoms. The van der Waals surface area contributed by atoms with Crippen LogP contribution in [-0.2, 0) is 6.54 Å². The van der Waals surface area contributed by atoms with Crippen molar-refractivity contribution in [2.45, 2.75) is 25.0 Å². The zero-order chi connectivity index (χ0) is 22.1. The Morgan fingerprint density at radius 3 is 2.50 bits per heavy atom. The molecule has 4 aromatic rings. The number of anilines is 1. The Bertz CT molecular complexity index is 1210. The fourth-order valence-corrected chi connectivity index (χ4v) is 4.68. The number of halogens is 2. The van der Waals surface area contributed by atoms with Crippen LogP contribution < -0.4 is 9.64 Å². The lowest BCUT2D eigenvalue weighted by Crippen LogP contribution is -2.38. The second-order valence-electron chi connectivity index (χ2n) is 7.77. The summed E-state index contributed by atoms with van der Waals surface area (Å²) in [6, 6.07) is 22.9. The summed E-state index contributed by atoms with van der Waals surface area (Å²) in [6.45, 7) is 0.563. The lowest BCUT2D eigenvalue weighted by atomic mass is 9.91. The maximum absolute atomic E-state index is 13.5. The predicted molar refractivity (Wildman–Crippen MR) is 123 cm³/mol. The Labute approximate surface area is 193 Å². The highest BCUT2D eigenvalue weighted by Gasteiger charge is 2.36. The van der Waals surface area contributed by atoms with Crippen molar-refractivity contribution in [1.82, 2.24) is 20.2 Å². The van der Waals surface area contributed by atoms with Crippen molar-refractivity contribution in [3.05, 3.63) is 99.8 Å². The summed E-state index contributed by atoms with van der Waals surface area (Å²) < 4.78 is 21.7. The van der Waals surface area contributed by atoms with E-state index in [0.717, 1.165) is 33.3 Å². The van der Waals surface area contributed by atoms with Gasteiger partial charge in [-0.05, 0) is 69.9 Å². The first-order chi connectivity index (χ1) is 15.6. The van der Waals surface area contributed by atoms with Crippen LogP contribution in [0.15, 0.2) is 77.3 Å². The van der Waals surface area contributed by atoms with Crippen LogP contribution in [0.4, 0.5) is 10.3 Å². The van der Waals surface area contributed by atoms with Crippen LogP contribution in [0.3, 0.4) is 0 Å². The summed E-state index contributed by atoms with van der Waals surface area (Å²) in [6.07, 6.45) is 0.780. The second-order valence-corrected chi connectivity index (χ2v) is 8.69. The maximum atomic E-state index is 13.5. The van der Waals surface area contributed by atoms with E-state index in [1.165, 1.54) is 12.1 Å². The van der Waals surface area contributed by atoms with Gasteiger partial charge in [-0.25, -0.2) is 9.07 Å². The predicted octanol–water partition coefficient (Wildman–Crippen LogP) is 5.32. The molecule has 0 saturated heterocycles. The van der Waals surface area contributed by atoms with Crippen LogP contribution in [0.25, 0.3) is 0 Å². The van der Waals surface area contributed by atoms with Crippen LogP contribution in [0.2, 0.25) is 0 Å². The number of methoxy groups -OCH3 is 1. The minimum absolute atomic E-state index is 0.0284. The summed E-state index contributed by atoms with van der Waals surface area (Å²) in [5.41, 5.74) is 3.26. The Balaban J connectivity index is 1.58. The fourth-order valence-electron chi connectivity index (χ4n) is 4.26. The van der Waals surface area contributed by atoms with Gasteiger partial charge in [-0.3, -0.25) is 0 Å². The van der Waals surface area contributed by atoms with E-state index in [-0.39, 0.29) is 17.9 Å². The molecule has 5 rings (SSSR count). The van der Waals surface area contributed by atoms with Gasteiger partial charge in [0.05, 0.1) is 19.2 Å². The van der Waals surface area contributed by atoms with Gasteiger partial charge in [0.25, 0.3) is 0 Å². The molecule has 2 unspecified atom stereocenters. The fraction of sp³-hybridized carbons (Fsp3) is 0.208. The molecule has 0 amide bonds. The molecule has 0 N–H and O–H groups in total. The first-order valence-corrected chi connectivity index (χ1v) is 11.1. The summed E-state index contributed by atoms with van der Waals surface area (Å²) in [7, 11) is 1.66. The van der Waals surface area contributed by atoms with Crippen LogP contribution in [0.5, 0.6) is 5.75 Å². The average molecular weight is 494 g/mol. The highest BCUT2D eigenvalue weighted by atomic mass is 79.9. The van der Waals surface area contributed by atoms with Crippen molar-refractivity contribution in [3.63, 3.8) is 0 Å². The van der Waals surface area contributed by atoms with Crippen molar-refractivity contribution < 1.29 is 9.13 Å². The van der Waals surface area contributed by atoms with Gasteiger partial charge < -0.3 is 9.64 Å². The van der Waals surface area contributed by atoms with E-state index in [4.69, 9.17) is 4.74 Å². The molecule has 0 saturated carbocycles. The first-order valence-electron chi connectivity index (χ1n) is 10.3. The summed E-state index contributed by atoms with van der Waals surface area (Å²) in [4.78, 5) is 2.19. The van der Waals surface area contributed by atoms with Crippen molar-refractivity contribution in [1.29, 1.82) is 0 Å². The molecule has 162 valence electrons. The summed E-state index contributed by atoms with van der Waals surface area (Å²) >= 11 is 3.60. The lowest BCUT2D eigenvalue weighted by molar-refractivity contribution is 0.375. The molecular formula is C24H21BrFN5O. The number of fused-ring (bicyclic) bond motifs is 1. The van der Waals surface area contributed by atoms with E-state index in [1.54, 1.807) is 19.2 Å². The third-order valence-corrected chi connectivity index (χ3v) is 6.34. The molecule has 0 spiro atoms. The molecular weight excluding hydrogens is 473 g/mol. The average Bonchev–Trinajstić information content (AvgIpc) is 3.31. The zero-order valence-electron chi connectivity index (χ0n) is 17.4.